The van der Waals surface area contributed by atoms with Crippen LogP contribution in [0.15, 0.2) is 41.5 Å². The van der Waals surface area contributed by atoms with Crippen molar-refractivity contribution in [3.8, 4) is 0 Å². The van der Waals surface area contributed by atoms with E-state index < -0.39 is 112 Å². The molecule has 1 heterocycles. The Labute approximate surface area is 356 Å². The highest BCUT2D eigenvalue weighted by atomic mass is 16.8. The first-order chi connectivity index (χ1) is 28.4. The summed E-state index contributed by atoms with van der Waals surface area (Å²) in [6, 6.07) is 6.73. The quantitative estimate of drug-likeness (QED) is 0.157. The number of hydrogen-bond acceptors (Lipinski definition) is 15. The minimum absolute atomic E-state index is 0.00858. The van der Waals surface area contributed by atoms with E-state index >= 15 is 4.79 Å². The Hall–Kier alpha value is -4.38. The van der Waals surface area contributed by atoms with Crippen LogP contribution in [0.1, 0.15) is 111 Å². The van der Waals surface area contributed by atoms with Gasteiger partial charge >= 0.3 is 24.1 Å². The third-order valence-corrected chi connectivity index (χ3v) is 14.3. The number of aliphatic hydroxyl groups is 3. The lowest BCUT2D eigenvalue weighted by molar-refractivity contribution is -0.344. The molecule has 2 bridgehead atoms. The highest BCUT2D eigenvalue weighted by molar-refractivity contribution is 5.95. The summed E-state index contributed by atoms with van der Waals surface area (Å²) < 4.78 is 35.1. The van der Waals surface area contributed by atoms with E-state index in [0.717, 1.165) is 33.3 Å². The van der Waals surface area contributed by atoms with Gasteiger partial charge in [0.1, 0.15) is 23.9 Å². The monoisotopic (exact) mass is 855 g/mol. The molecule has 3 saturated carbocycles. The molecule has 1 aromatic carbocycles. The zero-order chi connectivity index (χ0) is 45.0. The molecule has 6 rings (SSSR count). The number of fused-ring (bicyclic) bond motifs is 5. The number of carbonyl (C=O) groups excluding carboxylic acids is 6. The number of carbonyl (C=O) groups is 6. The van der Waals surface area contributed by atoms with Gasteiger partial charge in [-0.15, -0.1) is 0 Å². The van der Waals surface area contributed by atoms with Crippen molar-refractivity contribution in [3.63, 3.8) is 0 Å². The molecule has 1 saturated heterocycles. The molecule has 336 valence electrons. The molecular weight excluding hydrogens is 794 g/mol. The fourth-order valence-electron chi connectivity index (χ4n) is 10.7. The summed E-state index contributed by atoms with van der Waals surface area (Å²) in [5, 5.41) is 40.4. The average molecular weight is 856 g/mol. The van der Waals surface area contributed by atoms with Crippen LogP contribution in [0.25, 0.3) is 0 Å². The predicted octanol–water partition coefficient (Wildman–Crippen LogP) is 3.90. The zero-order valence-electron chi connectivity index (χ0n) is 36.5. The molecule has 4 fully saturated rings. The van der Waals surface area contributed by atoms with Crippen LogP contribution in [-0.2, 0) is 47.6 Å². The molecule has 61 heavy (non-hydrogen) atoms. The second-order valence-corrected chi connectivity index (χ2v) is 19.3. The summed E-state index contributed by atoms with van der Waals surface area (Å²) in [4.78, 5) is 83.5. The second-order valence-electron chi connectivity index (χ2n) is 19.3. The SMILES string of the molecule is COC(=O)O[C@@]12COC1C[C@H](O)[C@@]1(C)C(=O)[C@H](OC(C)=O)C3=C(C)[C@@H](OC(=O)[C@H](O)[C@@H](NC(=O)C4CCCCC4)C(C)(C)C)C[C@@](O)([C@@H](OC(=O)c4ccccc4)C21)C3(C)C. The lowest BCUT2D eigenvalue weighted by Crippen LogP contribution is -2.82. The van der Waals surface area contributed by atoms with Gasteiger partial charge < -0.3 is 49.1 Å². The molecule has 4 aliphatic carbocycles. The highest BCUT2D eigenvalue weighted by Gasteiger charge is 2.78. The first kappa shape index (κ1) is 46.1. The van der Waals surface area contributed by atoms with Crippen LogP contribution in [0.2, 0.25) is 0 Å². The van der Waals surface area contributed by atoms with Gasteiger partial charge in [0.05, 0.1) is 42.8 Å². The lowest BCUT2D eigenvalue weighted by atomic mass is 9.44. The van der Waals surface area contributed by atoms with Gasteiger partial charge in [-0.05, 0) is 55.4 Å². The maximum absolute atomic E-state index is 15.5. The van der Waals surface area contributed by atoms with Gasteiger partial charge in [0.15, 0.2) is 23.6 Å². The van der Waals surface area contributed by atoms with E-state index in [1.165, 1.54) is 26.0 Å². The number of amides is 1. The van der Waals surface area contributed by atoms with Crippen LogP contribution in [0.4, 0.5) is 4.79 Å². The minimum Gasteiger partial charge on any atom is -0.456 e. The standard InChI is InChI=1S/C45H61NO15/c1-23-27(59-39(53)31(49)34(41(3,4)5)46-37(51)25-16-12-10-13-17-25)21-45(55)36(60-38(52)26-18-14-11-15-19-26)33-43(8,35(50)32(58-24(2)47)30(23)42(45,6)7)28(48)20-29-44(33,22-57-29)61-40(54)56-9/h11,14-15,18-19,25,27-29,31-34,36,48-49,55H,10,12-13,16-17,20-22H2,1-9H3,(H,46,51)/t27-,28-,29?,31+,32+,33?,34+,36-,43+,44-,45+/m0/s1. The van der Waals surface area contributed by atoms with Gasteiger partial charge in [0.25, 0.3) is 0 Å². The Balaban J connectivity index is 1.52. The summed E-state index contributed by atoms with van der Waals surface area (Å²) in [7, 11) is 1.08. The Kier molecular flexibility index (Phi) is 12.6. The maximum atomic E-state index is 15.5. The van der Waals surface area contributed by atoms with Crippen molar-refractivity contribution in [2.24, 2.45) is 28.1 Å². The number of benzene rings is 1. The summed E-state index contributed by atoms with van der Waals surface area (Å²) in [5.41, 5.74) is -8.59. The van der Waals surface area contributed by atoms with Crippen molar-refractivity contribution < 1.29 is 72.5 Å². The molecular formula is C45H61NO15. The molecule has 1 aromatic rings. The first-order valence-corrected chi connectivity index (χ1v) is 21.1. The Morgan fingerprint density at radius 2 is 1.61 bits per heavy atom. The van der Waals surface area contributed by atoms with Crippen LogP contribution in [-0.4, -0.2) is 119 Å². The molecule has 11 atom stereocenters. The molecule has 0 aromatic heterocycles. The van der Waals surface area contributed by atoms with Gasteiger partial charge in [0, 0.05) is 31.1 Å². The topological polar surface area (TPSA) is 231 Å². The first-order valence-electron chi connectivity index (χ1n) is 21.1. The van der Waals surface area contributed by atoms with Gasteiger partial charge in [-0.2, -0.15) is 0 Å². The van der Waals surface area contributed by atoms with Crippen molar-refractivity contribution in [1.29, 1.82) is 0 Å². The largest absolute Gasteiger partial charge is 0.508 e. The highest BCUT2D eigenvalue weighted by Crippen LogP contribution is 2.64. The van der Waals surface area contributed by atoms with Gasteiger partial charge in [-0.1, -0.05) is 72.1 Å². The lowest BCUT2D eigenvalue weighted by Gasteiger charge is -2.67. The molecule has 4 N–H and O–H groups in total. The third kappa shape index (κ3) is 7.86. The molecule has 0 radical (unpaired) electrons. The van der Waals surface area contributed by atoms with Crippen LogP contribution >= 0.6 is 0 Å². The maximum Gasteiger partial charge on any atom is 0.508 e. The van der Waals surface area contributed by atoms with E-state index in [9.17, 15) is 39.3 Å². The number of hydrogen-bond donors (Lipinski definition) is 4. The minimum atomic E-state index is -2.39. The number of nitrogens with one attached hydrogen (secondary N) is 1. The van der Waals surface area contributed by atoms with Crippen LogP contribution in [0.5, 0.6) is 0 Å². The van der Waals surface area contributed by atoms with Crippen molar-refractivity contribution in [3.05, 3.63) is 47.0 Å². The van der Waals surface area contributed by atoms with Crippen molar-refractivity contribution in [2.45, 2.75) is 154 Å². The number of aliphatic hydroxyl groups excluding tert-OH is 2. The number of esters is 3. The number of Topliss-reactive ketones (excluding diaryl/α,β-unsaturated/α-hetero) is 1. The molecule has 1 amide bonds. The normalized spacial score (nSPS) is 34.4. The molecule has 16 nitrogen and oxygen atoms in total. The van der Waals surface area contributed by atoms with E-state index in [1.807, 2.05) is 0 Å². The number of ether oxygens (including phenoxy) is 6. The van der Waals surface area contributed by atoms with Crippen molar-refractivity contribution in [2.75, 3.05) is 13.7 Å². The summed E-state index contributed by atoms with van der Waals surface area (Å²) >= 11 is 0. The van der Waals surface area contributed by atoms with Crippen molar-refractivity contribution in [1.82, 2.24) is 5.32 Å². The van der Waals surface area contributed by atoms with Gasteiger partial charge in [-0.25, -0.2) is 14.4 Å². The third-order valence-electron chi connectivity index (χ3n) is 14.3. The predicted molar refractivity (Wildman–Crippen MR) is 214 cm³/mol. The van der Waals surface area contributed by atoms with E-state index in [0.29, 0.717) is 12.8 Å². The number of methoxy groups -OCH3 is 1. The number of rotatable bonds is 9. The Morgan fingerprint density at radius 3 is 2.16 bits per heavy atom. The molecule has 16 heteroatoms. The van der Waals surface area contributed by atoms with E-state index in [2.05, 4.69) is 5.32 Å². The molecule has 1 aliphatic heterocycles. The van der Waals surface area contributed by atoms with Crippen LogP contribution in [0, 0.1) is 28.1 Å². The van der Waals surface area contributed by atoms with Gasteiger partial charge in [0.2, 0.25) is 5.91 Å². The smallest absolute Gasteiger partial charge is 0.456 e. The van der Waals surface area contributed by atoms with E-state index in [1.54, 1.807) is 52.8 Å². The number of ketones is 1. The van der Waals surface area contributed by atoms with Crippen LogP contribution < -0.4 is 5.32 Å². The van der Waals surface area contributed by atoms with Crippen molar-refractivity contribution >= 4 is 35.8 Å². The molecule has 2 unspecified atom stereocenters. The fraction of sp³-hybridized carbons (Fsp3) is 0.689. The molecule has 0 spiro atoms. The Bertz CT molecular complexity index is 1930. The summed E-state index contributed by atoms with van der Waals surface area (Å²) in [6.07, 6.45) is -7.49. The molecule has 5 aliphatic rings. The summed E-state index contributed by atoms with van der Waals surface area (Å²) in [5.74, 6) is -6.03. The van der Waals surface area contributed by atoms with Gasteiger partial charge in [-0.3, -0.25) is 14.4 Å². The van der Waals surface area contributed by atoms with E-state index in [4.69, 9.17) is 28.4 Å². The fourth-order valence-corrected chi connectivity index (χ4v) is 10.7. The average Bonchev–Trinajstić information content (AvgIpc) is 3.20. The summed E-state index contributed by atoms with van der Waals surface area (Å²) in [6.45, 7) is 12.0. The second kappa shape index (κ2) is 16.7. The Morgan fingerprint density at radius 1 is 0.967 bits per heavy atom. The van der Waals surface area contributed by atoms with Crippen LogP contribution in [0.3, 0.4) is 0 Å². The zero-order valence-corrected chi connectivity index (χ0v) is 36.5. The van der Waals surface area contributed by atoms with E-state index in [-0.39, 0.29) is 41.6 Å².